The molecule has 0 radical (unpaired) electrons. The highest BCUT2D eigenvalue weighted by Crippen LogP contribution is 2.22. The van der Waals surface area contributed by atoms with Crippen LogP contribution in [0.25, 0.3) is 0 Å². The minimum absolute atomic E-state index is 0.280. The second-order valence-electron chi connectivity index (χ2n) is 6.25. The van der Waals surface area contributed by atoms with Gasteiger partial charge in [-0.2, -0.15) is 18.3 Å². The molecule has 0 bridgehead atoms. The number of aryl methyl sites for hydroxylation is 1. The average Bonchev–Trinajstić information content (AvgIpc) is 2.59. The van der Waals surface area contributed by atoms with Crippen LogP contribution in [0.4, 0.5) is 13.2 Å². The van der Waals surface area contributed by atoms with E-state index in [1.54, 1.807) is 0 Å². The highest BCUT2D eigenvalue weighted by molar-refractivity contribution is 5.87. The molecule has 1 saturated heterocycles. The summed E-state index contributed by atoms with van der Waals surface area (Å²) in [6.07, 6.45) is -1.05. The second-order valence-corrected chi connectivity index (χ2v) is 6.25. The van der Waals surface area contributed by atoms with Gasteiger partial charge >= 0.3 is 6.18 Å². The van der Waals surface area contributed by atoms with Crippen LogP contribution in [0.5, 0.6) is 0 Å². The fourth-order valence-electron chi connectivity index (χ4n) is 2.93. The summed E-state index contributed by atoms with van der Waals surface area (Å²) in [4.78, 5) is 3.39. The van der Waals surface area contributed by atoms with E-state index in [0.717, 1.165) is 13.0 Å². The van der Waals surface area contributed by atoms with Crippen molar-refractivity contribution in [2.24, 2.45) is 10.2 Å². The van der Waals surface area contributed by atoms with Gasteiger partial charge in [0, 0.05) is 39.4 Å². The largest absolute Gasteiger partial charge is 0.451 e. The Bertz CT molecular complexity index is 573. The third-order valence-electron chi connectivity index (χ3n) is 4.34. The van der Waals surface area contributed by atoms with Gasteiger partial charge in [0.2, 0.25) is 5.84 Å². The molecule has 25 heavy (non-hydrogen) atoms. The number of amidine groups is 1. The normalized spacial score (nSPS) is 17.0. The van der Waals surface area contributed by atoms with Gasteiger partial charge in [-0.1, -0.05) is 37.6 Å². The lowest BCUT2D eigenvalue weighted by molar-refractivity contribution is -0.0709. The van der Waals surface area contributed by atoms with Gasteiger partial charge in [-0.15, -0.1) is 5.10 Å². The van der Waals surface area contributed by atoms with Crippen molar-refractivity contribution in [3.8, 4) is 0 Å². The Morgan fingerprint density at radius 1 is 1.08 bits per heavy atom. The number of nitrogens with zero attached hydrogens (tertiary/aromatic N) is 4. The summed E-state index contributed by atoms with van der Waals surface area (Å²) in [6, 6.07) is 8.51. The van der Waals surface area contributed by atoms with E-state index >= 15 is 0 Å². The molecule has 2 rings (SSSR count). The van der Waals surface area contributed by atoms with Crippen molar-refractivity contribution < 1.29 is 13.2 Å². The number of halogens is 3. The van der Waals surface area contributed by atoms with Gasteiger partial charge in [0.1, 0.15) is 0 Å². The molecule has 0 saturated carbocycles. The predicted octanol–water partition coefficient (Wildman–Crippen LogP) is 3.72. The summed E-state index contributed by atoms with van der Waals surface area (Å²) in [5.41, 5.74) is 2.52. The molecule has 1 aromatic rings. The maximum atomic E-state index is 13.0. The lowest BCUT2D eigenvalue weighted by Crippen LogP contribution is -2.52. The number of benzene rings is 1. The highest BCUT2D eigenvalue weighted by Gasteiger charge is 2.41. The summed E-state index contributed by atoms with van der Waals surface area (Å²) in [7, 11) is 0. The van der Waals surface area contributed by atoms with Crippen molar-refractivity contribution in [3.63, 3.8) is 0 Å². The molecule has 4 nitrogen and oxygen atoms in total. The fraction of sp³-hybridized carbons (Fsp3) is 0.556. The fourth-order valence-corrected chi connectivity index (χ4v) is 2.93. The van der Waals surface area contributed by atoms with Crippen molar-refractivity contribution in [2.75, 3.05) is 26.2 Å². The first-order valence-electron chi connectivity index (χ1n) is 8.60. The number of hydrogen-bond acceptors (Lipinski definition) is 3. The van der Waals surface area contributed by atoms with Crippen LogP contribution in [-0.2, 0) is 13.0 Å². The minimum Gasteiger partial charge on any atom is -0.348 e. The van der Waals surface area contributed by atoms with Crippen LogP contribution in [0.2, 0.25) is 0 Å². The van der Waals surface area contributed by atoms with Crippen molar-refractivity contribution in [2.45, 2.75) is 38.9 Å². The molecule has 0 amide bonds. The minimum atomic E-state index is -4.50. The first kappa shape index (κ1) is 19.4. The highest BCUT2D eigenvalue weighted by atomic mass is 19.4. The summed E-state index contributed by atoms with van der Waals surface area (Å²) in [6.45, 7) is 7.63. The molecule has 138 valence electrons. The Morgan fingerprint density at radius 2 is 1.68 bits per heavy atom. The van der Waals surface area contributed by atoms with Crippen LogP contribution in [0.3, 0.4) is 0 Å². The van der Waals surface area contributed by atoms with E-state index in [2.05, 4.69) is 53.0 Å². The first-order valence-corrected chi connectivity index (χ1v) is 8.60. The monoisotopic (exact) mass is 354 g/mol. The molecule has 7 heteroatoms. The number of alkyl halides is 3. The molecule has 1 aromatic carbocycles. The lowest BCUT2D eigenvalue weighted by Gasteiger charge is -2.36. The summed E-state index contributed by atoms with van der Waals surface area (Å²) in [5, 5.41) is 6.23. The van der Waals surface area contributed by atoms with E-state index in [0.29, 0.717) is 13.1 Å². The summed E-state index contributed by atoms with van der Waals surface area (Å²) < 4.78 is 39.0. The molecule has 0 spiro atoms. The van der Waals surface area contributed by atoms with E-state index in [-0.39, 0.29) is 13.1 Å². The molecule has 1 heterocycles. The zero-order chi connectivity index (χ0) is 18.3. The third-order valence-corrected chi connectivity index (χ3v) is 4.34. The molecule has 0 aliphatic carbocycles. The Kier molecular flexibility index (Phi) is 6.99. The average molecular weight is 354 g/mol. The van der Waals surface area contributed by atoms with Crippen LogP contribution < -0.4 is 0 Å². The van der Waals surface area contributed by atoms with E-state index in [9.17, 15) is 13.2 Å². The Morgan fingerprint density at radius 3 is 2.20 bits per heavy atom. The molecule has 0 N–H and O–H groups in total. The van der Waals surface area contributed by atoms with Crippen molar-refractivity contribution in [1.29, 1.82) is 0 Å². The van der Waals surface area contributed by atoms with E-state index in [1.807, 2.05) is 0 Å². The van der Waals surface area contributed by atoms with Gasteiger partial charge in [-0.25, -0.2) is 0 Å². The third kappa shape index (κ3) is 5.85. The number of rotatable bonds is 6. The number of hydrogen-bond donors (Lipinski definition) is 0. The zero-order valence-electron chi connectivity index (χ0n) is 14.6. The SMILES string of the molecule is C=N/N=C(\N1CCN(Cc2ccc(CCCC)cc2)CC1)C(F)(F)F. The Hall–Kier alpha value is -1.89. The van der Waals surface area contributed by atoms with Crippen molar-refractivity contribution in [3.05, 3.63) is 35.4 Å². The zero-order valence-corrected chi connectivity index (χ0v) is 14.6. The van der Waals surface area contributed by atoms with Gasteiger partial charge in [-0.05, 0) is 24.0 Å². The number of piperazine rings is 1. The van der Waals surface area contributed by atoms with Crippen molar-refractivity contribution in [1.82, 2.24) is 9.80 Å². The second kappa shape index (κ2) is 8.99. The van der Waals surface area contributed by atoms with Crippen LogP contribution >= 0.6 is 0 Å². The number of unbranched alkanes of at least 4 members (excludes halogenated alkanes) is 1. The lowest BCUT2D eigenvalue weighted by atomic mass is 10.1. The van der Waals surface area contributed by atoms with Gasteiger partial charge in [0.05, 0.1) is 0 Å². The molecule has 1 fully saturated rings. The van der Waals surface area contributed by atoms with Gasteiger partial charge in [-0.3, -0.25) is 4.90 Å². The van der Waals surface area contributed by atoms with Crippen LogP contribution in [0, 0.1) is 0 Å². The molecule has 1 aliphatic heterocycles. The quantitative estimate of drug-likeness (QED) is 0.443. The van der Waals surface area contributed by atoms with Crippen LogP contribution in [-0.4, -0.2) is 54.7 Å². The molecule has 1 aliphatic rings. The molecule has 0 aromatic heterocycles. The van der Waals surface area contributed by atoms with Gasteiger partial charge in [0.15, 0.2) is 0 Å². The predicted molar refractivity (Wildman–Crippen MR) is 94.9 cm³/mol. The maximum absolute atomic E-state index is 13.0. The topological polar surface area (TPSA) is 31.2 Å². The smallest absolute Gasteiger partial charge is 0.348 e. The molecular weight excluding hydrogens is 329 g/mol. The first-order chi connectivity index (χ1) is 11.9. The maximum Gasteiger partial charge on any atom is 0.451 e. The summed E-state index contributed by atoms with van der Waals surface area (Å²) in [5.74, 6) is -0.956. The van der Waals surface area contributed by atoms with E-state index < -0.39 is 12.0 Å². The Labute approximate surface area is 147 Å². The van der Waals surface area contributed by atoms with Crippen molar-refractivity contribution >= 4 is 12.6 Å². The standard InChI is InChI=1S/C18H25F3N4/c1-3-4-5-15-6-8-16(9-7-15)14-24-10-12-25(13-11-24)17(23-22-2)18(19,20)21/h6-9H,2-5,10-14H2,1H3/b23-17-. The van der Waals surface area contributed by atoms with E-state index in [4.69, 9.17) is 0 Å². The summed E-state index contributed by atoms with van der Waals surface area (Å²) >= 11 is 0. The van der Waals surface area contributed by atoms with Crippen LogP contribution in [0.1, 0.15) is 30.9 Å². The van der Waals surface area contributed by atoms with Crippen LogP contribution in [0.15, 0.2) is 34.5 Å². The molecular formula is C18H25F3N4. The molecule has 0 atom stereocenters. The van der Waals surface area contributed by atoms with E-state index in [1.165, 1.54) is 28.9 Å². The molecule has 0 unspecified atom stereocenters. The van der Waals surface area contributed by atoms with Gasteiger partial charge in [0.25, 0.3) is 0 Å². The Balaban J connectivity index is 1.87. The van der Waals surface area contributed by atoms with Gasteiger partial charge < -0.3 is 4.90 Å².